The first-order valence-corrected chi connectivity index (χ1v) is 4.41. The van der Waals surface area contributed by atoms with Crippen LogP contribution in [0.15, 0.2) is 0 Å². The zero-order valence-electron chi connectivity index (χ0n) is 7.81. The van der Waals surface area contributed by atoms with Crippen molar-refractivity contribution in [3.8, 4) is 0 Å². The molecule has 66 valence electrons. The van der Waals surface area contributed by atoms with Gasteiger partial charge in [0.05, 0.1) is 0 Å². The van der Waals surface area contributed by atoms with Crippen LogP contribution in [0.5, 0.6) is 0 Å². The van der Waals surface area contributed by atoms with Crippen LogP contribution < -0.4 is 5.32 Å². The zero-order chi connectivity index (χ0) is 8.74. The van der Waals surface area contributed by atoms with Gasteiger partial charge >= 0.3 is 0 Å². The molecule has 0 saturated carbocycles. The molecule has 0 aliphatic rings. The lowest BCUT2D eigenvalue weighted by Crippen LogP contribution is -2.32. The maximum Gasteiger partial charge on any atom is 0.207 e. The third kappa shape index (κ3) is 2.91. The summed E-state index contributed by atoms with van der Waals surface area (Å²) in [4.78, 5) is 10.1. The van der Waals surface area contributed by atoms with Crippen molar-refractivity contribution in [2.24, 2.45) is 5.41 Å². The van der Waals surface area contributed by atoms with Gasteiger partial charge in [0.25, 0.3) is 0 Å². The maximum atomic E-state index is 10.1. The Hall–Kier alpha value is -0.530. The summed E-state index contributed by atoms with van der Waals surface area (Å²) in [6.07, 6.45) is 4.21. The summed E-state index contributed by atoms with van der Waals surface area (Å²) in [5, 5.41) is 2.76. The minimum atomic E-state index is 0.334. The molecular weight excluding hydrogens is 138 g/mol. The second kappa shape index (κ2) is 5.16. The van der Waals surface area contributed by atoms with Crippen LogP contribution in [-0.4, -0.2) is 13.0 Å². The van der Waals surface area contributed by atoms with Crippen LogP contribution in [0.3, 0.4) is 0 Å². The van der Waals surface area contributed by atoms with Crippen molar-refractivity contribution < 1.29 is 4.79 Å². The molecule has 2 heteroatoms. The molecule has 0 aromatic carbocycles. The van der Waals surface area contributed by atoms with Crippen LogP contribution in [0.4, 0.5) is 0 Å². The second-order valence-corrected chi connectivity index (χ2v) is 3.06. The Kier molecular flexibility index (Phi) is 4.92. The Bertz CT molecular complexity index is 99.9. The first-order chi connectivity index (χ1) is 5.24. The summed E-state index contributed by atoms with van der Waals surface area (Å²) in [6, 6.07) is 0. The van der Waals surface area contributed by atoms with E-state index in [0.29, 0.717) is 5.41 Å². The quantitative estimate of drug-likeness (QED) is 0.587. The highest BCUT2D eigenvalue weighted by Crippen LogP contribution is 2.28. The molecule has 1 N–H and O–H groups in total. The fourth-order valence-corrected chi connectivity index (χ4v) is 1.38. The van der Waals surface area contributed by atoms with E-state index in [1.165, 1.54) is 0 Å². The van der Waals surface area contributed by atoms with Crippen molar-refractivity contribution in [2.45, 2.75) is 40.0 Å². The topological polar surface area (TPSA) is 29.1 Å². The smallest absolute Gasteiger partial charge is 0.207 e. The molecule has 0 aliphatic heterocycles. The van der Waals surface area contributed by atoms with E-state index in [9.17, 15) is 4.79 Å². The fourth-order valence-electron chi connectivity index (χ4n) is 1.38. The van der Waals surface area contributed by atoms with E-state index in [4.69, 9.17) is 0 Å². The van der Waals surface area contributed by atoms with Crippen LogP contribution in [0.2, 0.25) is 0 Å². The maximum absolute atomic E-state index is 10.1. The zero-order valence-corrected chi connectivity index (χ0v) is 7.81. The highest BCUT2D eigenvalue weighted by atomic mass is 16.1. The minimum absolute atomic E-state index is 0.334. The summed E-state index contributed by atoms with van der Waals surface area (Å²) in [6.45, 7) is 7.36. The van der Waals surface area contributed by atoms with Gasteiger partial charge < -0.3 is 5.32 Å². The summed E-state index contributed by atoms with van der Waals surface area (Å²) in [7, 11) is 0. The van der Waals surface area contributed by atoms with E-state index < -0.39 is 0 Å². The summed E-state index contributed by atoms with van der Waals surface area (Å²) < 4.78 is 0. The molecule has 0 aliphatic carbocycles. The van der Waals surface area contributed by atoms with Gasteiger partial charge in [-0.1, -0.05) is 20.8 Å². The molecule has 0 aromatic rings. The van der Waals surface area contributed by atoms with Gasteiger partial charge in [-0.2, -0.15) is 0 Å². The SMILES string of the molecule is CCC(CC)(CC)CNC=O. The van der Waals surface area contributed by atoms with Gasteiger partial charge in [-0.15, -0.1) is 0 Å². The van der Waals surface area contributed by atoms with Crippen LogP contribution >= 0.6 is 0 Å². The van der Waals surface area contributed by atoms with Crippen molar-refractivity contribution in [1.82, 2.24) is 5.32 Å². The molecule has 1 amide bonds. The largest absolute Gasteiger partial charge is 0.358 e. The number of hydrogen-bond donors (Lipinski definition) is 1. The first-order valence-electron chi connectivity index (χ1n) is 4.41. The lowest BCUT2D eigenvalue weighted by atomic mass is 9.80. The summed E-state index contributed by atoms with van der Waals surface area (Å²) in [5.74, 6) is 0. The van der Waals surface area contributed by atoms with E-state index >= 15 is 0 Å². The molecule has 0 aromatic heterocycles. The highest BCUT2D eigenvalue weighted by molar-refractivity contribution is 5.45. The lowest BCUT2D eigenvalue weighted by molar-refractivity contribution is -0.110. The van der Waals surface area contributed by atoms with Gasteiger partial charge in [0, 0.05) is 6.54 Å². The molecule has 0 unspecified atom stereocenters. The summed E-state index contributed by atoms with van der Waals surface area (Å²) in [5.41, 5.74) is 0.334. The molecule has 0 bridgehead atoms. The fraction of sp³-hybridized carbons (Fsp3) is 0.889. The molecule has 0 rings (SSSR count). The number of carbonyl (C=O) groups excluding carboxylic acids is 1. The van der Waals surface area contributed by atoms with Crippen LogP contribution in [-0.2, 0) is 4.79 Å². The molecule has 0 fully saturated rings. The van der Waals surface area contributed by atoms with Crippen molar-refractivity contribution in [1.29, 1.82) is 0 Å². The number of carbonyl (C=O) groups is 1. The second-order valence-electron chi connectivity index (χ2n) is 3.06. The minimum Gasteiger partial charge on any atom is -0.358 e. The molecule has 11 heavy (non-hydrogen) atoms. The van der Waals surface area contributed by atoms with Crippen molar-refractivity contribution in [3.63, 3.8) is 0 Å². The number of nitrogens with one attached hydrogen (secondary N) is 1. The van der Waals surface area contributed by atoms with Gasteiger partial charge in [0.2, 0.25) is 6.41 Å². The Morgan fingerprint density at radius 1 is 1.18 bits per heavy atom. The van der Waals surface area contributed by atoms with E-state index in [-0.39, 0.29) is 0 Å². The van der Waals surface area contributed by atoms with E-state index in [1.54, 1.807) is 0 Å². The summed E-state index contributed by atoms with van der Waals surface area (Å²) >= 11 is 0. The molecule has 0 heterocycles. The molecule has 0 saturated heterocycles. The predicted octanol–water partition coefficient (Wildman–Crippen LogP) is 1.95. The van der Waals surface area contributed by atoms with Crippen LogP contribution in [0, 0.1) is 5.41 Å². The molecule has 0 radical (unpaired) electrons. The molecule has 2 nitrogen and oxygen atoms in total. The standard InChI is InChI=1S/C9H19NO/c1-4-9(5-2,6-3)7-10-8-11/h8H,4-7H2,1-3H3,(H,10,11). The first kappa shape index (κ1) is 10.5. The highest BCUT2D eigenvalue weighted by Gasteiger charge is 2.22. The average Bonchev–Trinajstić information content (AvgIpc) is 2.08. The van der Waals surface area contributed by atoms with Crippen LogP contribution in [0.25, 0.3) is 0 Å². The molecular formula is C9H19NO. The van der Waals surface area contributed by atoms with Gasteiger partial charge in [0.1, 0.15) is 0 Å². The van der Waals surface area contributed by atoms with Crippen molar-refractivity contribution >= 4 is 6.41 Å². The third-order valence-electron chi connectivity index (χ3n) is 2.81. The van der Waals surface area contributed by atoms with Crippen molar-refractivity contribution in [2.75, 3.05) is 6.54 Å². The molecule has 0 spiro atoms. The van der Waals surface area contributed by atoms with E-state index in [0.717, 1.165) is 32.2 Å². The Labute approximate surface area is 69.4 Å². The van der Waals surface area contributed by atoms with Gasteiger partial charge in [-0.3, -0.25) is 4.79 Å². The lowest BCUT2D eigenvalue weighted by Gasteiger charge is -2.29. The van der Waals surface area contributed by atoms with Crippen molar-refractivity contribution in [3.05, 3.63) is 0 Å². The average molecular weight is 157 g/mol. The normalized spacial score (nSPS) is 11.2. The van der Waals surface area contributed by atoms with E-state index in [2.05, 4.69) is 26.1 Å². The number of rotatable bonds is 6. The van der Waals surface area contributed by atoms with Crippen LogP contribution in [0.1, 0.15) is 40.0 Å². The van der Waals surface area contributed by atoms with Gasteiger partial charge in [-0.05, 0) is 24.7 Å². The Morgan fingerprint density at radius 3 is 1.91 bits per heavy atom. The number of hydrogen-bond acceptors (Lipinski definition) is 1. The van der Waals surface area contributed by atoms with E-state index in [1.807, 2.05) is 0 Å². The monoisotopic (exact) mass is 157 g/mol. The predicted molar refractivity (Wildman–Crippen MR) is 47.4 cm³/mol. The van der Waals surface area contributed by atoms with Gasteiger partial charge in [0.15, 0.2) is 0 Å². The molecule has 0 atom stereocenters. The Balaban J connectivity index is 3.93. The number of amides is 1. The Morgan fingerprint density at radius 2 is 1.64 bits per heavy atom. The van der Waals surface area contributed by atoms with Gasteiger partial charge in [-0.25, -0.2) is 0 Å². The third-order valence-corrected chi connectivity index (χ3v) is 2.81.